The van der Waals surface area contributed by atoms with Crippen LogP contribution < -0.4 is 0 Å². The number of allylic oxidation sites excluding steroid dienone is 1. The van der Waals surface area contributed by atoms with Gasteiger partial charge in [-0.25, -0.2) is 4.39 Å². The molecule has 0 aromatic carbocycles. The number of carbonyl (C=O) groups is 1. The second-order valence-corrected chi connectivity index (χ2v) is 12.9. The van der Waals surface area contributed by atoms with Crippen LogP contribution in [0, 0.1) is 34.5 Å². The van der Waals surface area contributed by atoms with E-state index in [-0.39, 0.29) is 12.3 Å². The second-order valence-electron chi connectivity index (χ2n) is 12.9. The van der Waals surface area contributed by atoms with Gasteiger partial charge in [-0.1, -0.05) is 32.3 Å². The lowest BCUT2D eigenvalue weighted by Gasteiger charge is -2.63. The van der Waals surface area contributed by atoms with Gasteiger partial charge >= 0.3 is 0 Å². The van der Waals surface area contributed by atoms with Crippen molar-refractivity contribution in [1.82, 2.24) is 9.78 Å². The fraction of sp³-hybridized carbons (Fsp3) is 0.733. The summed E-state index contributed by atoms with van der Waals surface area (Å²) in [5.74, 6) is 4.06. The first-order valence-electron chi connectivity index (χ1n) is 14.0. The van der Waals surface area contributed by atoms with Gasteiger partial charge in [-0.05, 0) is 63.5 Å². The van der Waals surface area contributed by atoms with Crippen molar-refractivity contribution in [3.05, 3.63) is 23.0 Å². The normalized spacial score (nSPS) is 44.1. The maximum Gasteiger partial charge on any atom is 0.193 e. The molecule has 0 radical (unpaired) electrons. The molecule has 4 fully saturated rings. The van der Waals surface area contributed by atoms with E-state index in [0.29, 0.717) is 32.2 Å². The molecule has 6 rings (SSSR count). The Balaban J connectivity index is 1.40. The predicted octanol–water partition coefficient (Wildman–Crippen LogP) is 3.60. The number of Topliss-reactive ketones (excluding diaryl/α,β-unsaturated/α-hetero) is 1. The molecule has 0 bridgehead atoms. The number of hydrogen-bond donors (Lipinski definition) is 2. The number of halogens is 1. The van der Waals surface area contributed by atoms with E-state index in [2.05, 4.69) is 23.0 Å². The summed E-state index contributed by atoms with van der Waals surface area (Å²) in [6.07, 6.45) is 5.02. The number of fused-ring (bicyclic) bond motifs is 8. The summed E-state index contributed by atoms with van der Waals surface area (Å²) >= 11 is 0. The van der Waals surface area contributed by atoms with Crippen molar-refractivity contribution in [3.8, 4) is 11.8 Å². The van der Waals surface area contributed by atoms with E-state index in [1.807, 2.05) is 31.6 Å². The maximum atomic E-state index is 17.9. The van der Waals surface area contributed by atoms with Crippen LogP contribution in [0.25, 0.3) is 6.08 Å². The number of aliphatic hydroxyl groups is 2. The molecular weight excluding hydrogens is 487 g/mol. The van der Waals surface area contributed by atoms with E-state index in [9.17, 15) is 15.0 Å². The third-order valence-electron chi connectivity index (χ3n) is 10.7. The Bertz CT molecular complexity index is 1280. The molecule has 0 amide bonds. The number of carbonyl (C=O) groups excluding carboxylic acids is 1. The van der Waals surface area contributed by atoms with E-state index in [4.69, 9.17) is 9.47 Å². The Morgan fingerprint density at radius 3 is 2.74 bits per heavy atom. The average molecular weight is 527 g/mol. The van der Waals surface area contributed by atoms with E-state index in [1.54, 1.807) is 13.8 Å². The Labute approximate surface area is 223 Å². The summed E-state index contributed by atoms with van der Waals surface area (Å²) in [5.41, 5.74) is -2.12. The van der Waals surface area contributed by atoms with Crippen LogP contribution in [0.3, 0.4) is 0 Å². The molecule has 1 aliphatic heterocycles. The highest BCUT2D eigenvalue weighted by molar-refractivity contribution is 5.91. The standard InChI is InChI=1S/C30H39FN2O5/c1-6-7-8-11-33-22-12-19-9-10-20-21-13-25-30(24(36)17-34,38-26(2,3)37-25)28(21,5)15-23(35)29(20,31)27(19,4)14-18(22)16-32-33/h12,16,20-21,23,25,34-35H,6,9-11,13-15,17H2,1-5H3/t20-,21-,23-,25+,27-,28-,29-,30+/m0/s1. The molecular formula is C30H39FN2O5. The first-order chi connectivity index (χ1) is 17.9. The maximum absolute atomic E-state index is 17.9. The number of hydrogen-bond acceptors (Lipinski definition) is 6. The van der Waals surface area contributed by atoms with Gasteiger partial charge in [0.2, 0.25) is 0 Å². The number of rotatable bonds is 3. The Morgan fingerprint density at radius 2 is 2.03 bits per heavy atom. The summed E-state index contributed by atoms with van der Waals surface area (Å²) in [7, 11) is 0. The monoisotopic (exact) mass is 526 g/mol. The highest BCUT2D eigenvalue weighted by Gasteiger charge is 2.80. The highest BCUT2D eigenvalue weighted by atomic mass is 19.1. The molecule has 8 atom stereocenters. The lowest BCUT2D eigenvalue weighted by molar-refractivity contribution is -0.250. The van der Waals surface area contributed by atoms with Crippen molar-refractivity contribution >= 4 is 11.9 Å². The van der Waals surface area contributed by atoms with Crippen molar-refractivity contribution in [2.24, 2.45) is 22.7 Å². The zero-order valence-electron chi connectivity index (χ0n) is 23.0. The van der Waals surface area contributed by atoms with Gasteiger partial charge < -0.3 is 19.7 Å². The molecule has 0 unspecified atom stereocenters. The molecule has 3 saturated carbocycles. The zero-order valence-corrected chi connectivity index (χ0v) is 23.0. The van der Waals surface area contributed by atoms with Gasteiger partial charge in [0.15, 0.2) is 17.2 Å². The minimum Gasteiger partial charge on any atom is -0.390 e. The fourth-order valence-corrected chi connectivity index (χ4v) is 9.21. The summed E-state index contributed by atoms with van der Waals surface area (Å²) in [4.78, 5) is 13.4. The minimum atomic E-state index is -1.89. The summed E-state index contributed by atoms with van der Waals surface area (Å²) in [5, 5.41) is 26.3. The number of nitrogens with zero attached hydrogens (tertiary/aromatic N) is 2. The quantitative estimate of drug-likeness (QED) is 0.585. The number of alkyl halides is 1. The Morgan fingerprint density at radius 1 is 1.26 bits per heavy atom. The second kappa shape index (κ2) is 8.23. The summed E-state index contributed by atoms with van der Waals surface area (Å²) < 4.78 is 32.4. The van der Waals surface area contributed by atoms with Crippen molar-refractivity contribution in [2.75, 3.05) is 6.61 Å². The molecule has 0 spiro atoms. The third-order valence-corrected chi connectivity index (χ3v) is 10.7. The first-order valence-corrected chi connectivity index (χ1v) is 14.0. The molecule has 4 aliphatic carbocycles. The molecule has 2 heterocycles. The van der Waals surface area contributed by atoms with Gasteiger partial charge in [-0.2, -0.15) is 5.10 Å². The first kappa shape index (κ1) is 26.2. The lowest BCUT2D eigenvalue weighted by Crippen LogP contribution is -2.70. The number of aliphatic hydroxyl groups excluding tert-OH is 2. The molecule has 1 saturated heterocycles. The largest absolute Gasteiger partial charge is 0.390 e. The van der Waals surface area contributed by atoms with Crippen LogP contribution in [0.1, 0.15) is 78.0 Å². The topological polar surface area (TPSA) is 93.8 Å². The van der Waals surface area contributed by atoms with Gasteiger partial charge in [-0.15, -0.1) is 5.92 Å². The Kier molecular flexibility index (Phi) is 5.67. The highest BCUT2D eigenvalue weighted by Crippen LogP contribution is 2.72. The molecule has 206 valence electrons. The third kappa shape index (κ3) is 3.05. The van der Waals surface area contributed by atoms with E-state index in [0.717, 1.165) is 23.3 Å². The van der Waals surface area contributed by atoms with Crippen LogP contribution in [0.4, 0.5) is 4.39 Å². The zero-order chi connectivity index (χ0) is 27.3. The molecule has 1 aromatic rings. The van der Waals surface area contributed by atoms with E-state index < -0.39 is 58.4 Å². The van der Waals surface area contributed by atoms with Gasteiger partial charge in [0.05, 0.1) is 24.1 Å². The van der Waals surface area contributed by atoms with Crippen molar-refractivity contribution in [3.63, 3.8) is 0 Å². The summed E-state index contributed by atoms with van der Waals surface area (Å²) in [6, 6.07) is 0. The van der Waals surface area contributed by atoms with Crippen LogP contribution in [0.2, 0.25) is 0 Å². The number of ether oxygens (including phenoxy) is 2. The van der Waals surface area contributed by atoms with Crippen molar-refractivity contribution in [2.45, 2.75) is 109 Å². The van der Waals surface area contributed by atoms with Crippen LogP contribution in [-0.2, 0) is 27.2 Å². The van der Waals surface area contributed by atoms with Gasteiger partial charge in [-0.3, -0.25) is 9.48 Å². The number of ketones is 1. The molecule has 8 heteroatoms. The molecule has 38 heavy (non-hydrogen) atoms. The van der Waals surface area contributed by atoms with Gasteiger partial charge in [0.25, 0.3) is 0 Å². The van der Waals surface area contributed by atoms with Gasteiger partial charge in [0.1, 0.15) is 18.8 Å². The van der Waals surface area contributed by atoms with Crippen LogP contribution in [-0.4, -0.2) is 61.6 Å². The molecule has 5 aliphatic rings. The van der Waals surface area contributed by atoms with E-state index in [1.165, 1.54) is 0 Å². The lowest BCUT2D eigenvalue weighted by atomic mass is 9.43. The predicted molar refractivity (Wildman–Crippen MR) is 138 cm³/mol. The van der Waals surface area contributed by atoms with Crippen LogP contribution in [0.5, 0.6) is 0 Å². The molecule has 7 nitrogen and oxygen atoms in total. The minimum absolute atomic E-state index is 0.0634. The number of aromatic nitrogens is 2. The Hall–Kier alpha value is -2.05. The molecule has 1 aromatic heterocycles. The molecule has 2 N–H and O–H groups in total. The summed E-state index contributed by atoms with van der Waals surface area (Å²) in [6.45, 7) is 9.25. The van der Waals surface area contributed by atoms with Crippen molar-refractivity contribution in [1.29, 1.82) is 0 Å². The van der Waals surface area contributed by atoms with Crippen LogP contribution in [0.15, 0.2) is 11.8 Å². The average Bonchev–Trinajstić information content (AvgIpc) is 3.44. The van der Waals surface area contributed by atoms with Crippen molar-refractivity contribution < 1.29 is 28.9 Å². The SMILES string of the molecule is CCC#CCn1ncc2c1C=C1CC[C@H]3[C@@H]4C[C@H]5OC(C)(C)O[C@@]5(C(=O)CO)[C@@]4(C)C[C@H](O)[C@]3(F)[C@@]1(C)C2. The van der Waals surface area contributed by atoms with Crippen LogP contribution >= 0.6 is 0 Å². The van der Waals surface area contributed by atoms with Gasteiger partial charge in [0, 0.05) is 23.2 Å². The van der Waals surface area contributed by atoms with E-state index >= 15 is 4.39 Å². The fourth-order valence-electron chi connectivity index (χ4n) is 9.21. The smallest absolute Gasteiger partial charge is 0.193 e.